The smallest absolute Gasteiger partial charge is 0.264 e. The van der Waals surface area contributed by atoms with E-state index in [4.69, 9.17) is 17.0 Å². The lowest BCUT2D eigenvalue weighted by molar-refractivity contribution is 0.0652. The maximum Gasteiger partial charge on any atom is 0.264 e. The van der Waals surface area contributed by atoms with Crippen LogP contribution in [0.5, 0.6) is 5.75 Å². The van der Waals surface area contributed by atoms with Gasteiger partial charge >= 0.3 is 0 Å². The van der Waals surface area contributed by atoms with Gasteiger partial charge in [0.1, 0.15) is 5.75 Å². The highest BCUT2D eigenvalue weighted by molar-refractivity contribution is 7.80. The second-order valence-electron chi connectivity index (χ2n) is 6.67. The maximum atomic E-state index is 12.3. The molecule has 3 rings (SSSR count). The second kappa shape index (κ2) is 8.31. The van der Waals surface area contributed by atoms with Crippen molar-refractivity contribution in [3.05, 3.63) is 65.2 Å². The molecule has 6 heteroatoms. The number of amides is 2. The van der Waals surface area contributed by atoms with E-state index in [0.29, 0.717) is 28.6 Å². The Morgan fingerprint density at radius 1 is 0.963 bits per heavy atom. The van der Waals surface area contributed by atoms with Gasteiger partial charge < -0.3 is 9.64 Å². The third-order valence-electron chi connectivity index (χ3n) is 4.47. The van der Waals surface area contributed by atoms with Crippen molar-refractivity contribution in [3.8, 4) is 5.75 Å². The van der Waals surface area contributed by atoms with Gasteiger partial charge in [-0.25, -0.2) is 0 Å². The first kappa shape index (κ1) is 19.0. The Morgan fingerprint density at radius 2 is 1.56 bits per heavy atom. The highest BCUT2D eigenvalue weighted by atomic mass is 32.1. The normalized spacial score (nSPS) is 12.9. The van der Waals surface area contributed by atoms with Crippen LogP contribution in [0, 0.1) is 0 Å². The van der Waals surface area contributed by atoms with Crippen LogP contribution in [0.1, 0.15) is 39.1 Å². The summed E-state index contributed by atoms with van der Waals surface area (Å²) in [6.07, 6.45) is 2.54. The van der Waals surface area contributed by atoms with Gasteiger partial charge in [0.25, 0.3) is 17.0 Å². The van der Waals surface area contributed by atoms with Crippen LogP contribution in [0.25, 0.3) is 0 Å². The van der Waals surface area contributed by atoms with Crippen molar-refractivity contribution in [2.45, 2.75) is 19.3 Å². The Kier molecular flexibility index (Phi) is 5.86. The average molecular weight is 382 g/mol. The van der Waals surface area contributed by atoms with Crippen LogP contribution in [0.2, 0.25) is 0 Å². The molecule has 0 fully saturated rings. The third-order valence-corrected chi connectivity index (χ3v) is 4.92. The molecule has 0 radical (unpaired) electrons. The monoisotopic (exact) mass is 382 g/mol. The van der Waals surface area contributed by atoms with Crippen molar-refractivity contribution in [1.29, 1.82) is 0 Å². The number of carbonyl (C=O) groups is 2. The van der Waals surface area contributed by atoms with E-state index in [-0.39, 0.29) is 11.8 Å². The van der Waals surface area contributed by atoms with Crippen LogP contribution < -0.4 is 4.74 Å². The number of unbranched alkanes of at least 4 members (excludes halogenated alkanes) is 1. The summed E-state index contributed by atoms with van der Waals surface area (Å²) in [7, 11) is 3.68. The van der Waals surface area contributed by atoms with E-state index in [1.54, 1.807) is 29.2 Å². The standard InChI is InChI=1S/C21H22N2O3S/c1-22(2)21(27)26-16-12-10-15(11-13-16)7-5-6-14-23-19(24)17-8-3-4-9-18(17)20(23)25/h3-4,8-13H,5-7,14H2,1-2H3. The number of fused-ring (bicyclic) bond motifs is 1. The fourth-order valence-corrected chi connectivity index (χ4v) is 3.05. The first-order valence-electron chi connectivity index (χ1n) is 8.90. The van der Waals surface area contributed by atoms with Gasteiger partial charge in [-0.1, -0.05) is 24.3 Å². The van der Waals surface area contributed by atoms with Crippen LogP contribution in [-0.2, 0) is 6.42 Å². The van der Waals surface area contributed by atoms with E-state index in [2.05, 4.69) is 0 Å². The average Bonchev–Trinajstić information content (AvgIpc) is 2.91. The first-order valence-corrected chi connectivity index (χ1v) is 9.31. The van der Waals surface area contributed by atoms with Crippen molar-refractivity contribution < 1.29 is 14.3 Å². The molecule has 2 aromatic carbocycles. The van der Waals surface area contributed by atoms with Gasteiger partial charge in [-0.3, -0.25) is 14.5 Å². The van der Waals surface area contributed by atoms with Gasteiger partial charge in [-0.2, -0.15) is 0 Å². The van der Waals surface area contributed by atoms with Crippen molar-refractivity contribution in [2.75, 3.05) is 20.6 Å². The molecular formula is C21H22N2O3S. The molecular weight excluding hydrogens is 360 g/mol. The molecule has 0 N–H and O–H groups in total. The van der Waals surface area contributed by atoms with E-state index < -0.39 is 0 Å². The summed E-state index contributed by atoms with van der Waals surface area (Å²) < 4.78 is 5.55. The highest BCUT2D eigenvalue weighted by Gasteiger charge is 2.34. The highest BCUT2D eigenvalue weighted by Crippen LogP contribution is 2.23. The molecule has 0 atom stereocenters. The lowest BCUT2D eigenvalue weighted by Gasteiger charge is -2.14. The number of aryl methyl sites for hydroxylation is 1. The van der Waals surface area contributed by atoms with Gasteiger partial charge in [-0.15, -0.1) is 0 Å². The Balaban J connectivity index is 1.46. The Labute approximate surface area is 164 Å². The minimum Gasteiger partial charge on any atom is -0.432 e. The molecule has 0 spiro atoms. The molecule has 2 aromatic rings. The van der Waals surface area contributed by atoms with Gasteiger partial charge in [0.05, 0.1) is 11.1 Å². The minimum absolute atomic E-state index is 0.186. The van der Waals surface area contributed by atoms with E-state index in [1.807, 2.05) is 38.4 Å². The molecule has 0 bridgehead atoms. The van der Waals surface area contributed by atoms with E-state index in [1.165, 1.54) is 10.5 Å². The summed E-state index contributed by atoms with van der Waals surface area (Å²) in [5.41, 5.74) is 2.20. The summed E-state index contributed by atoms with van der Waals surface area (Å²) in [4.78, 5) is 27.7. The zero-order valence-electron chi connectivity index (χ0n) is 15.5. The lowest BCUT2D eigenvalue weighted by atomic mass is 10.1. The van der Waals surface area contributed by atoms with Crippen LogP contribution in [0.15, 0.2) is 48.5 Å². The van der Waals surface area contributed by atoms with Gasteiger partial charge in [0.2, 0.25) is 0 Å². The molecule has 0 unspecified atom stereocenters. The summed E-state index contributed by atoms with van der Waals surface area (Å²) in [5.74, 6) is 0.339. The third kappa shape index (κ3) is 4.34. The number of ether oxygens (including phenoxy) is 1. The number of hydrogen-bond acceptors (Lipinski definition) is 4. The van der Waals surface area contributed by atoms with E-state index in [9.17, 15) is 9.59 Å². The summed E-state index contributed by atoms with van der Waals surface area (Å²) in [6, 6.07) is 14.8. The van der Waals surface area contributed by atoms with E-state index in [0.717, 1.165) is 19.3 Å². The number of thiocarbonyl (C=S) groups is 1. The summed E-state index contributed by atoms with van der Waals surface area (Å²) in [5, 5.41) is 0.420. The van der Waals surface area contributed by atoms with Crippen molar-refractivity contribution in [1.82, 2.24) is 9.80 Å². The predicted octanol–water partition coefficient (Wildman–Crippen LogP) is 3.53. The second-order valence-corrected chi connectivity index (χ2v) is 7.02. The molecule has 0 aromatic heterocycles. The van der Waals surface area contributed by atoms with E-state index >= 15 is 0 Å². The fraction of sp³-hybridized carbons (Fsp3) is 0.286. The Morgan fingerprint density at radius 3 is 2.11 bits per heavy atom. The van der Waals surface area contributed by atoms with Crippen LogP contribution in [0.4, 0.5) is 0 Å². The molecule has 5 nitrogen and oxygen atoms in total. The van der Waals surface area contributed by atoms with Crippen LogP contribution in [-0.4, -0.2) is 47.4 Å². The lowest BCUT2D eigenvalue weighted by Crippen LogP contribution is -2.30. The minimum atomic E-state index is -0.186. The van der Waals surface area contributed by atoms with Crippen LogP contribution in [0.3, 0.4) is 0 Å². The number of hydrogen-bond donors (Lipinski definition) is 0. The fourth-order valence-electron chi connectivity index (χ4n) is 2.96. The Hall–Kier alpha value is -2.73. The summed E-state index contributed by atoms with van der Waals surface area (Å²) in [6.45, 7) is 0.449. The topological polar surface area (TPSA) is 49.9 Å². The molecule has 1 aliphatic heterocycles. The number of nitrogens with zero attached hydrogens (tertiary/aromatic N) is 2. The SMILES string of the molecule is CN(C)C(=S)Oc1ccc(CCCCN2C(=O)c3ccccc3C2=O)cc1. The molecule has 1 aliphatic rings. The van der Waals surface area contributed by atoms with Crippen molar-refractivity contribution >= 4 is 29.2 Å². The quantitative estimate of drug-likeness (QED) is 0.435. The molecule has 1 heterocycles. The summed E-state index contributed by atoms with van der Waals surface area (Å²) >= 11 is 5.12. The zero-order valence-corrected chi connectivity index (χ0v) is 16.3. The first-order chi connectivity index (χ1) is 13.0. The predicted molar refractivity (Wildman–Crippen MR) is 108 cm³/mol. The zero-order chi connectivity index (χ0) is 19.4. The molecule has 0 saturated carbocycles. The van der Waals surface area contributed by atoms with Gasteiger partial charge in [0, 0.05) is 20.6 Å². The largest absolute Gasteiger partial charge is 0.432 e. The van der Waals surface area contributed by atoms with Gasteiger partial charge in [-0.05, 0) is 61.3 Å². The van der Waals surface area contributed by atoms with Crippen LogP contribution >= 0.6 is 12.2 Å². The number of carbonyl (C=O) groups excluding carboxylic acids is 2. The van der Waals surface area contributed by atoms with Crippen molar-refractivity contribution in [3.63, 3.8) is 0 Å². The molecule has 140 valence electrons. The Bertz CT molecular complexity index is 827. The number of imide groups is 1. The molecule has 27 heavy (non-hydrogen) atoms. The van der Waals surface area contributed by atoms with Crippen molar-refractivity contribution in [2.24, 2.45) is 0 Å². The number of benzene rings is 2. The molecule has 0 saturated heterocycles. The maximum absolute atomic E-state index is 12.3. The van der Waals surface area contributed by atoms with Gasteiger partial charge in [0.15, 0.2) is 0 Å². The number of rotatable bonds is 6. The molecule has 2 amide bonds. The molecule has 0 aliphatic carbocycles.